The van der Waals surface area contributed by atoms with Crippen LogP contribution in [0.1, 0.15) is 32.8 Å². The van der Waals surface area contributed by atoms with Gasteiger partial charge in [0.1, 0.15) is 5.75 Å². The predicted molar refractivity (Wildman–Crippen MR) is 61.7 cm³/mol. The van der Waals surface area contributed by atoms with E-state index in [4.69, 9.17) is 10.5 Å². The number of rotatable bonds is 4. The minimum Gasteiger partial charge on any atom is -0.492 e. The van der Waals surface area contributed by atoms with Crippen molar-refractivity contribution in [2.45, 2.75) is 33.7 Å². The maximum Gasteiger partial charge on any atom is 0.142 e. The normalized spacial score (nSPS) is 11.5. The summed E-state index contributed by atoms with van der Waals surface area (Å²) in [4.78, 5) is 4.03. The zero-order valence-corrected chi connectivity index (χ0v) is 9.79. The molecule has 84 valence electrons. The number of ether oxygens (including phenoxy) is 1. The average Bonchev–Trinajstić information content (AvgIpc) is 2.16. The molecule has 0 spiro atoms. The summed E-state index contributed by atoms with van der Waals surface area (Å²) in [5.41, 5.74) is 6.91. The third-order valence-electron chi connectivity index (χ3n) is 2.20. The van der Waals surface area contributed by atoms with E-state index < -0.39 is 0 Å². The van der Waals surface area contributed by atoms with Gasteiger partial charge in [0, 0.05) is 18.3 Å². The zero-order valence-electron chi connectivity index (χ0n) is 9.79. The van der Waals surface area contributed by atoms with Crippen LogP contribution in [0.5, 0.6) is 5.75 Å². The van der Waals surface area contributed by atoms with E-state index in [0.717, 1.165) is 17.7 Å². The lowest BCUT2D eigenvalue weighted by atomic mass is 9.93. The summed E-state index contributed by atoms with van der Waals surface area (Å²) in [5, 5.41) is 0. The van der Waals surface area contributed by atoms with Gasteiger partial charge >= 0.3 is 0 Å². The van der Waals surface area contributed by atoms with E-state index in [-0.39, 0.29) is 0 Å². The minimum atomic E-state index is 0.297. The Morgan fingerprint density at radius 2 is 2.13 bits per heavy atom. The molecule has 0 amide bonds. The van der Waals surface area contributed by atoms with Gasteiger partial charge in [0.05, 0.1) is 12.8 Å². The molecule has 0 atom stereocenters. The van der Waals surface area contributed by atoms with Crippen molar-refractivity contribution in [1.82, 2.24) is 4.98 Å². The third kappa shape index (κ3) is 4.30. The van der Waals surface area contributed by atoms with Crippen molar-refractivity contribution in [3.63, 3.8) is 0 Å². The first-order chi connectivity index (χ1) is 7.03. The van der Waals surface area contributed by atoms with Crippen LogP contribution in [0.15, 0.2) is 18.5 Å². The van der Waals surface area contributed by atoms with Gasteiger partial charge in [-0.1, -0.05) is 20.8 Å². The molecule has 0 aliphatic carbocycles. The lowest BCUT2D eigenvalue weighted by Gasteiger charge is -2.18. The van der Waals surface area contributed by atoms with Crippen LogP contribution < -0.4 is 10.5 Å². The van der Waals surface area contributed by atoms with Crippen molar-refractivity contribution in [1.29, 1.82) is 0 Å². The molecule has 0 saturated heterocycles. The van der Waals surface area contributed by atoms with E-state index in [0.29, 0.717) is 18.6 Å². The van der Waals surface area contributed by atoms with Crippen LogP contribution in [0, 0.1) is 5.41 Å². The highest BCUT2D eigenvalue weighted by Gasteiger charge is 2.10. The molecular weight excluding hydrogens is 188 g/mol. The summed E-state index contributed by atoms with van der Waals surface area (Å²) in [6.45, 7) is 7.80. The van der Waals surface area contributed by atoms with E-state index in [1.807, 2.05) is 6.07 Å². The fourth-order valence-electron chi connectivity index (χ4n) is 1.17. The molecule has 0 bridgehead atoms. The number of nitrogens with zero attached hydrogens (tertiary/aromatic N) is 1. The molecule has 1 heterocycles. The Kier molecular flexibility index (Phi) is 4.09. The molecule has 3 nitrogen and oxygen atoms in total. The monoisotopic (exact) mass is 208 g/mol. The van der Waals surface area contributed by atoms with Crippen molar-refractivity contribution in [2.75, 3.05) is 6.61 Å². The van der Waals surface area contributed by atoms with Crippen LogP contribution in [-0.2, 0) is 6.54 Å². The quantitative estimate of drug-likeness (QED) is 0.826. The highest BCUT2D eigenvalue weighted by molar-refractivity contribution is 5.29. The van der Waals surface area contributed by atoms with Crippen LogP contribution in [0.3, 0.4) is 0 Å². The fraction of sp³-hybridized carbons (Fsp3) is 0.583. The molecule has 0 radical (unpaired) electrons. The fourth-order valence-corrected chi connectivity index (χ4v) is 1.17. The van der Waals surface area contributed by atoms with Gasteiger partial charge in [0.2, 0.25) is 0 Å². The number of hydrogen-bond acceptors (Lipinski definition) is 3. The second-order valence-electron chi connectivity index (χ2n) is 4.85. The van der Waals surface area contributed by atoms with Crippen molar-refractivity contribution in [3.05, 3.63) is 24.0 Å². The van der Waals surface area contributed by atoms with Gasteiger partial charge in [0.15, 0.2) is 0 Å². The van der Waals surface area contributed by atoms with Gasteiger partial charge in [-0.2, -0.15) is 0 Å². The van der Waals surface area contributed by atoms with Crippen LogP contribution in [-0.4, -0.2) is 11.6 Å². The van der Waals surface area contributed by atoms with Crippen molar-refractivity contribution in [3.8, 4) is 5.75 Å². The van der Waals surface area contributed by atoms with E-state index in [2.05, 4.69) is 25.8 Å². The van der Waals surface area contributed by atoms with E-state index >= 15 is 0 Å². The van der Waals surface area contributed by atoms with Crippen molar-refractivity contribution in [2.24, 2.45) is 11.1 Å². The van der Waals surface area contributed by atoms with Crippen molar-refractivity contribution >= 4 is 0 Å². The molecule has 0 saturated carbocycles. The maximum absolute atomic E-state index is 5.66. The molecule has 3 heteroatoms. The number of nitrogens with two attached hydrogens (primary N) is 1. The molecule has 1 rings (SSSR count). The first-order valence-corrected chi connectivity index (χ1v) is 5.29. The molecular formula is C12H20N2O. The smallest absolute Gasteiger partial charge is 0.142 e. The Balaban J connectivity index is 2.50. The zero-order chi connectivity index (χ0) is 11.3. The summed E-state index contributed by atoms with van der Waals surface area (Å²) >= 11 is 0. The number of pyridine rings is 1. The summed E-state index contributed by atoms with van der Waals surface area (Å²) < 4.78 is 5.66. The molecule has 0 aromatic carbocycles. The first kappa shape index (κ1) is 12.0. The Morgan fingerprint density at radius 1 is 1.40 bits per heavy atom. The molecule has 0 unspecified atom stereocenters. The highest BCUT2D eigenvalue weighted by Crippen LogP contribution is 2.20. The minimum absolute atomic E-state index is 0.297. The Hall–Kier alpha value is -1.09. The van der Waals surface area contributed by atoms with Gasteiger partial charge in [-0.05, 0) is 17.9 Å². The number of hydrogen-bond donors (Lipinski definition) is 1. The summed E-state index contributed by atoms with van der Waals surface area (Å²) in [5.74, 6) is 0.809. The summed E-state index contributed by atoms with van der Waals surface area (Å²) in [6, 6.07) is 1.90. The van der Waals surface area contributed by atoms with Gasteiger partial charge in [0.25, 0.3) is 0 Å². The first-order valence-electron chi connectivity index (χ1n) is 5.29. The second kappa shape index (κ2) is 5.12. The molecule has 15 heavy (non-hydrogen) atoms. The van der Waals surface area contributed by atoms with Crippen LogP contribution in [0.25, 0.3) is 0 Å². The van der Waals surface area contributed by atoms with Crippen LogP contribution in [0.2, 0.25) is 0 Å². The van der Waals surface area contributed by atoms with Gasteiger partial charge in [-0.25, -0.2) is 0 Å². The molecule has 0 aliphatic rings. The Labute approximate surface area is 91.7 Å². The molecule has 0 aliphatic heterocycles. The lowest BCUT2D eigenvalue weighted by Crippen LogP contribution is -2.12. The number of aromatic nitrogens is 1. The highest BCUT2D eigenvalue weighted by atomic mass is 16.5. The predicted octanol–water partition coefficient (Wildman–Crippen LogP) is 2.36. The van der Waals surface area contributed by atoms with Gasteiger partial charge in [-0.3, -0.25) is 4.98 Å². The molecule has 1 aromatic heterocycles. The third-order valence-corrected chi connectivity index (χ3v) is 2.20. The average molecular weight is 208 g/mol. The lowest BCUT2D eigenvalue weighted by molar-refractivity contribution is 0.241. The van der Waals surface area contributed by atoms with E-state index in [1.165, 1.54) is 0 Å². The largest absolute Gasteiger partial charge is 0.492 e. The standard InChI is InChI=1S/C12H20N2O/c1-12(2,3)5-7-15-11-9-14-6-4-10(11)8-13/h4,6,9H,5,7-8,13H2,1-3H3. The van der Waals surface area contributed by atoms with Crippen LogP contribution >= 0.6 is 0 Å². The van der Waals surface area contributed by atoms with Crippen LogP contribution in [0.4, 0.5) is 0 Å². The second-order valence-corrected chi connectivity index (χ2v) is 4.85. The van der Waals surface area contributed by atoms with Gasteiger partial charge < -0.3 is 10.5 Å². The topological polar surface area (TPSA) is 48.1 Å². The molecule has 2 N–H and O–H groups in total. The Bertz CT molecular complexity index is 305. The molecule has 1 aromatic rings. The summed E-state index contributed by atoms with van der Waals surface area (Å²) in [6.07, 6.45) is 4.48. The van der Waals surface area contributed by atoms with Gasteiger partial charge in [-0.15, -0.1) is 0 Å². The molecule has 0 fully saturated rings. The SMILES string of the molecule is CC(C)(C)CCOc1cnccc1CN. The van der Waals surface area contributed by atoms with E-state index in [9.17, 15) is 0 Å². The maximum atomic E-state index is 5.66. The van der Waals surface area contributed by atoms with E-state index in [1.54, 1.807) is 12.4 Å². The Morgan fingerprint density at radius 3 is 2.73 bits per heavy atom. The van der Waals surface area contributed by atoms with Crippen molar-refractivity contribution < 1.29 is 4.74 Å². The summed E-state index contributed by atoms with van der Waals surface area (Å²) in [7, 11) is 0.